The van der Waals surface area contributed by atoms with Gasteiger partial charge in [0.05, 0.1) is 15.7 Å². The maximum absolute atomic E-state index is 6.01. The van der Waals surface area contributed by atoms with Gasteiger partial charge in [-0.2, -0.15) is 0 Å². The van der Waals surface area contributed by atoms with Gasteiger partial charge < -0.3 is 10.5 Å². The minimum Gasteiger partial charge on any atom is -0.488 e. The van der Waals surface area contributed by atoms with Crippen LogP contribution in [0.5, 0.6) is 5.75 Å². The Hall–Kier alpha value is -0.600. The van der Waals surface area contributed by atoms with Crippen molar-refractivity contribution in [1.29, 1.82) is 0 Å². The van der Waals surface area contributed by atoms with Gasteiger partial charge in [0.2, 0.25) is 0 Å². The lowest BCUT2D eigenvalue weighted by Gasteiger charge is -2.24. The lowest BCUT2D eigenvalue weighted by molar-refractivity contribution is 0.139. The van der Waals surface area contributed by atoms with Gasteiger partial charge in [-0.1, -0.05) is 23.2 Å². The van der Waals surface area contributed by atoms with Crippen molar-refractivity contribution >= 4 is 28.9 Å². The molecule has 0 heterocycles. The monoisotopic (exact) mass is 271 g/mol. The first-order valence-electron chi connectivity index (χ1n) is 6.04. The average Bonchev–Trinajstić information content (AvgIpc) is 2.87. The van der Waals surface area contributed by atoms with Gasteiger partial charge in [-0.15, -0.1) is 0 Å². The number of hydrogen-bond acceptors (Lipinski definition) is 2. The summed E-state index contributed by atoms with van der Waals surface area (Å²) < 4.78 is 6.01. The van der Waals surface area contributed by atoms with Crippen LogP contribution in [-0.4, -0.2) is 6.10 Å². The molecule has 1 aromatic carbocycles. The predicted octanol–water partition coefficient (Wildman–Crippen LogP) is 4.14. The van der Waals surface area contributed by atoms with Crippen molar-refractivity contribution in [2.24, 2.45) is 11.8 Å². The smallest absolute Gasteiger partial charge is 0.144 e. The van der Waals surface area contributed by atoms with E-state index in [1.807, 2.05) is 0 Å². The number of benzene rings is 1. The van der Waals surface area contributed by atoms with Gasteiger partial charge in [0, 0.05) is 6.07 Å². The number of nitrogens with two attached hydrogens (primary N) is 1. The van der Waals surface area contributed by atoms with Crippen LogP contribution in [0, 0.1) is 11.8 Å². The number of rotatable bonds is 2. The first kappa shape index (κ1) is 11.5. The summed E-state index contributed by atoms with van der Waals surface area (Å²) in [7, 11) is 0. The molecule has 2 aliphatic rings. The number of halogens is 2. The number of nitrogen functional groups attached to an aromatic ring is 1. The van der Waals surface area contributed by atoms with Gasteiger partial charge in [0.15, 0.2) is 0 Å². The number of anilines is 1. The van der Waals surface area contributed by atoms with Crippen molar-refractivity contribution in [3.8, 4) is 5.75 Å². The summed E-state index contributed by atoms with van der Waals surface area (Å²) in [6.07, 6.45) is 5.43. The molecule has 0 spiro atoms. The van der Waals surface area contributed by atoms with E-state index < -0.39 is 0 Å². The zero-order valence-electron chi connectivity index (χ0n) is 9.46. The van der Waals surface area contributed by atoms with E-state index in [1.165, 1.54) is 19.3 Å². The Kier molecular flexibility index (Phi) is 2.87. The molecule has 3 rings (SSSR count). The Morgan fingerprint density at radius 3 is 2.53 bits per heavy atom. The molecule has 0 amide bonds. The molecule has 2 saturated carbocycles. The predicted molar refractivity (Wildman–Crippen MR) is 70.7 cm³/mol. The van der Waals surface area contributed by atoms with Crippen LogP contribution in [-0.2, 0) is 0 Å². The van der Waals surface area contributed by atoms with Crippen molar-refractivity contribution < 1.29 is 4.74 Å². The first-order chi connectivity index (χ1) is 8.13. The Labute approximate surface area is 111 Å². The van der Waals surface area contributed by atoms with Crippen LogP contribution in [0.2, 0.25) is 10.0 Å². The third kappa shape index (κ3) is 2.09. The fourth-order valence-electron chi connectivity index (χ4n) is 3.14. The maximum atomic E-state index is 6.01. The second kappa shape index (κ2) is 4.25. The molecule has 0 saturated heterocycles. The second-order valence-electron chi connectivity index (χ2n) is 5.14. The molecule has 0 radical (unpaired) electrons. The standard InChI is InChI=1S/C13H15Cl2NO/c14-9-5-11(16)13(6-10(9)15)17-12-4-7-1-2-8(12)3-7/h5-8,12H,1-4,16H2. The van der Waals surface area contributed by atoms with E-state index in [-0.39, 0.29) is 0 Å². The van der Waals surface area contributed by atoms with Crippen LogP contribution < -0.4 is 10.5 Å². The fourth-order valence-corrected chi connectivity index (χ4v) is 3.47. The molecule has 4 heteroatoms. The van der Waals surface area contributed by atoms with Gasteiger partial charge >= 0.3 is 0 Å². The third-order valence-electron chi connectivity index (χ3n) is 4.00. The highest BCUT2D eigenvalue weighted by atomic mass is 35.5. The molecule has 2 bridgehead atoms. The van der Waals surface area contributed by atoms with Crippen molar-refractivity contribution in [3.05, 3.63) is 22.2 Å². The van der Waals surface area contributed by atoms with E-state index >= 15 is 0 Å². The van der Waals surface area contributed by atoms with Crippen molar-refractivity contribution in [2.75, 3.05) is 5.73 Å². The molecule has 2 aliphatic carbocycles. The molecule has 2 nitrogen and oxygen atoms in total. The average molecular weight is 272 g/mol. The lowest BCUT2D eigenvalue weighted by Crippen LogP contribution is -2.23. The van der Waals surface area contributed by atoms with Crippen LogP contribution in [0.4, 0.5) is 5.69 Å². The largest absolute Gasteiger partial charge is 0.488 e. The van der Waals surface area contributed by atoms with Gasteiger partial charge in [-0.25, -0.2) is 0 Å². The summed E-state index contributed by atoms with van der Waals surface area (Å²) in [5, 5.41) is 0.975. The second-order valence-corrected chi connectivity index (χ2v) is 5.95. The molecular formula is C13H15Cl2NO. The zero-order valence-corrected chi connectivity index (χ0v) is 11.0. The summed E-state index contributed by atoms with van der Waals surface area (Å²) in [5.74, 6) is 2.24. The highest BCUT2D eigenvalue weighted by Crippen LogP contribution is 2.46. The van der Waals surface area contributed by atoms with Crippen LogP contribution in [0.1, 0.15) is 25.7 Å². The van der Waals surface area contributed by atoms with E-state index in [9.17, 15) is 0 Å². The summed E-state index contributed by atoms with van der Waals surface area (Å²) in [5.41, 5.74) is 6.47. The van der Waals surface area contributed by atoms with Crippen LogP contribution in [0.15, 0.2) is 12.1 Å². The van der Waals surface area contributed by atoms with E-state index in [0.717, 1.165) is 12.3 Å². The molecule has 0 aliphatic heterocycles. The van der Waals surface area contributed by atoms with E-state index in [2.05, 4.69) is 0 Å². The Morgan fingerprint density at radius 2 is 1.88 bits per heavy atom. The third-order valence-corrected chi connectivity index (χ3v) is 4.73. The van der Waals surface area contributed by atoms with Gasteiger partial charge in [-0.3, -0.25) is 0 Å². The van der Waals surface area contributed by atoms with Crippen molar-refractivity contribution in [1.82, 2.24) is 0 Å². The quantitative estimate of drug-likeness (QED) is 0.821. The first-order valence-corrected chi connectivity index (χ1v) is 6.80. The number of fused-ring (bicyclic) bond motifs is 2. The lowest BCUT2D eigenvalue weighted by atomic mass is 9.98. The van der Waals surface area contributed by atoms with E-state index in [4.69, 9.17) is 33.7 Å². The molecular weight excluding hydrogens is 257 g/mol. The molecule has 1 aromatic rings. The fraction of sp³-hybridized carbons (Fsp3) is 0.538. The molecule has 0 aromatic heterocycles. The SMILES string of the molecule is Nc1cc(Cl)c(Cl)cc1OC1CC2CCC1C2. The molecule has 2 fully saturated rings. The van der Waals surface area contributed by atoms with Gasteiger partial charge in [0.25, 0.3) is 0 Å². The Morgan fingerprint density at radius 1 is 1.12 bits per heavy atom. The molecule has 92 valence electrons. The van der Waals surface area contributed by atoms with Crippen LogP contribution in [0.3, 0.4) is 0 Å². The van der Waals surface area contributed by atoms with Crippen LogP contribution >= 0.6 is 23.2 Å². The summed E-state index contributed by atoms with van der Waals surface area (Å²) in [6, 6.07) is 3.39. The molecule has 3 atom stereocenters. The minimum absolute atomic E-state index is 0.313. The van der Waals surface area contributed by atoms with Crippen LogP contribution in [0.25, 0.3) is 0 Å². The summed E-state index contributed by atoms with van der Waals surface area (Å²) >= 11 is 11.9. The highest BCUT2D eigenvalue weighted by molar-refractivity contribution is 6.42. The Balaban J connectivity index is 1.79. The molecule has 3 unspecified atom stereocenters. The highest BCUT2D eigenvalue weighted by Gasteiger charge is 2.41. The van der Waals surface area contributed by atoms with E-state index in [0.29, 0.717) is 33.5 Å². The Bertz CT molecular complexity index is 449. The van der Waals surface area contributed by atoms with Crippen molar-refractivity contribution in [3.63, 3.8) is 0 Å². The topological polar surface area (TPSA) is 35.2 Å². The van der Waals surface area contributed by atoms with E-state index in [1.54, 1.807) is 12.1 Å². The minimum atomic E-state index is 0.313. The molecule has 2 N–H and O–H groups in total. The summed E-state index contributed by atoms with van der Waals surface area (Å²) in [4.78, 5) is 0. The maximum Gasteiger partial charge on any atom is 0.144 e. The number of hydrogen-bond donors (Lipinski definition) is 1. The number of ether oxygens (including phenoxy) is 1. The summed E-state index contributed by atoms with van der Waals surface area (Å²) in [6.45, 7) is 0. The normalized spacial score (nSPS) is 30.8. The van der Waals surface area contributed by atoms with Crippen molar-refractivity contribution in [2.45, 2.75) is 31.8 Å². The van der Waals surface area contributed by atoms with Gasteiger partial charge in [0.1, 0.15) is 11.9 Å². The zero-order chi connectivity index (χ0) is 12.0. The van der Waals surface area contributed by atoms with Gasteiger partial charge in [-0.05, 0) is 43.6 Å². The molecule has 17 heavy (non-hydrogen) atoms.